The molecule has 6 nitrogen and oxygen atoms in total. The highest BCUT2D eigenvalue weighted by Crippen LogP contribution is 2.24. The quantitative estimate of drug-likeness (QED) is 0.497. The predicted octanol–water partition coefficient (Wildman–Crippen LogP) is 2.46. The molecule has 2 aromatic rings. The second kappa shape index (κ2) is 5.66. The van der Waals surface area contributed by atoms with Crippen LogP contribution in [-0.2, 0) is 12.8 Å². The third-order valence-electron chi connectivity index (χ3n) is 2.72. The molecule has 0 unspecified atom stereocenters. The number of benzene rings is 1. The number of anilines is 2. The van der Waals surface area contributed by atoms with Gasteiger partial charge >= 0.3 is 0 Å². The van der Waals surface area contributed by atoms with E-state index < -0.39 is 4.92 Å². The summed E-state index contributed by atoms with van der Waals surface area (Å²) in [6, 6.07) is 4.94. The molecule has 0 saturated carbocycles. The topological polar surface area (TPSA) is 94.1 Å². The van der Waals surface area contributed by atoms with Gasteiger partial charge in [-0.15, -0.1) is 11.3 Å². The lowest BCUT2D eigenvalue weighted by Crippen LogP contribution is -1.97. The van der Waals surface area contributed by atoms with E-state index >= 15 is 0 Å². The number of aryl methyl sites for hydroxylation is 2. The molecule has 0 atom stereocenters. The molecule has 19 heavy (non-hydrogen) atoms. The maximum atomic E-state index is 10.8. The van der Waals surface area contributed by atoms with E-state index in [0.717, 1.165) is 28.4 Å². The molecule has 0 radical (unpaired) electrons. The van der Waals surface area contributed by atoms with Crippen molar-refractivity contribution in [3.63, 3.8) is 0 Å². The largest absolute Gasteiger partial charge is 0.393 e. The first-order valence-corrected chi connectivity index (χ1v) is 6.57. The van der Waals surface area contributed by atoms with Crippen LogP contribution in [0.2, 0.25) is 0 Å². The van der Waals surface area contributed by atoms with Gasteiger partial charge in [-0.1, -0.05) is 6.07 Å². The van der Waals surface area contributed by atoms with Gasteiger partial charge in [-0.25, -0.2) is 4.98 Å². The smallest absolute Gasteiger partial charge is 0.292 e. The van der Waals surface area contributed by atoms with Crippen LogP contribution in [0.25, 0.3) is 0 Å². The molecule has 0 saturated heterocycles. The Morgan fingerprint density at radius 2 is 2.26 bits per heavy atom. The van der Waals surface area contributed by atoms with Crippen LogP contribution in [0, 0.1) is 10.1 Å². The van der Waals surface area contributed by atoms with Crippen LogP contribution in [0.4, 0.5) is 16.5 Å². The molecule has 1 aromatic carbocycles. The van der Waals surface area contributed by atoms with Crippen molar-refractivity contribution in [2.24, 2.45) is 0 Å². The third kappa shape index (κ3) is 3.19. The average molecular weight is 278 g/mol. The van der Waals surface area contributed by atoms with Crippen LogP contribution >= 0.6 is 11.3 Å². The number of thiazole rings is 1. The van der Waals surface area contributed by atoms with Crippen molar-refractivity contribution in [1.29, 1.82) is 0 Å². The standard InChI is InChI=1S/C12H14N4O2S/c1-14-12-15-7-9(19-12)4-2-8-3-5-10(13)11(6-8)16(17)18/h3,5-7H,2,4,13H2,1H3,(H,14,15). The molecule has 100 valence electrons. The zero-order valence-electron chi connectivity index (χ0n) is 10.4. The zero-order valence-corrected chi connectivity index (χ0v) is 11.2. The van der Waals surface area contributed by atoms with Crippen LogP contribution < -0.4 is 11.1 Å². The molecule has 0 aliphatic carbocycles. The van der Waals surface area contributed by atoms with E-state index in [9.17, 15) is 10.1 Å². The van der Waals surface area contributed by atoms with Crippen LogP contribution in [0.5, 0.6) is 0 Å². The van der Waals surface area contributed by atoms with E-state index in [1.165, 1.54) is 6.07 Å². The lowest BCUT2D eigenvalue weighted by Gasteiger charge is -2.02. The average Bonchev–Trinajstić information content (AvgIpc) is 2.85. The van der Waals surface area contributed by atoms with Crippen LogP contribution in [0.3, 0.4) is 0 Å². The fourth-order valence-electron chi connectivity index (χ4n) is 1.71. The van der Waals surface area contributed by atoms with Gasteiger partial charge < -0.3 is 11.1 Å². The van der Waals surface area contributed by atoms with Crippen molar-refractivity contribution in [2.45, 2.75) is 12.8 Å². The van der Waals surface area contributed by atoms with Crippen molar-refractivity contribution < 1.29 is 4.92 Å². The highest BCUT2D eigenvalue weighted by molar-refractivity contribution is 7.15. The monoisotopic (exact) mass is 278 g/mol. The van der Waals surface area contributed by atoms with Gasteiger partial charge in [0.15, 0.2) is 5.13 Å². The summed E-state index contributed by atoms with van der Waals surface area (Å²) in [5.74, 6) is 0. The number of aromatic nitrogens is 1. The normalized spacial score (nSPS) is 10.4. The van der Waals surface area contributed by atoms with Gasteiger partial charge in [-0.05, 0) is 24.5 Å². The van der Waals surface area contributed by atoms with Gasteiger partial charge in [0.25, 0.3) is 5.69 Å². The summed E-state index contributed by atoms with van der Waals surface area (Å²) in [4.78, 5) is 15.7. The molecule has 0 fully saturated rings. The number of nitrogen functional groups attached to an aromatic ring is 1. The van der Waals surface area contributed by atoms with Crippen LogP contribution in [0.15, 0.2) is 24.4 Å². The van der Waals surface area contributed by atoms with Gasteiger partial charge in [0.2, 0.25) is 0 Å². The first-order chi connectivity index (χ1) is 9.10. The molecule has 0 bridgehead atoms. The minimum atomic E-state index is -0.454. The zero-order chi connectivity index (χ0) is 13.8. The number of hydrogen-bond donors (Lipinski definition) is 2. The summed E-state index contributed by atoms with van der Waals surface area (Å²) in [5.41, 5.74) is 6.63. The number of nitro groups is 1. The summed E-state index contributed by atoms with van der Waals surface area (Å²) < 4.78 is 0. The van der Waals surface area contributed by atoms with E-state index in [1.54, 1.807) is 17.4 Å². The van der Waals surface area contributed by atoms with Gasteiger partial charge in [0.1, 0.15) is 5.69 Å². The summed E-state index contributed by atoms with van der Waals surface area (Å²) in [5, 5.41) is 14.7. The van der Waals surface area contributed by atoms with Gasteiger partial charge in [0, 0.05) is 24.2 Å². The lowest BCUT2D eigenvalue weighted by molar-refractivity contribution is -0.384. The number of nitrogens with two attached hydrogens (primary N) is 1. The number of nitrogens with one attached hydrogen (secondary N) is 1. The van der Waals surface area contributed by atoms with Crippen LogP contribution in [-0.4, -0.2) is 17.0 Å². The number of hydrogen-bond acceptors (Lipinski definition) is 6. The van der Waals surface area contributed by atoms with Crippen molar-refractivity contribution >= 4 is 27.8 Å². The molecule has 0 spiro atoms. The van der Waals surface area contributed by atoms with Gasteiger partial charge in [0.05, 0.1) is 4.92 Å². The fourth-order valence-corrected chi connectivity index (χ4v) is 2.47. The van der Waals surface area contributed by atoms with E-state index in [0.29, 0.717) is 0 Å². The van der Waals surface area contributed by atoms with Gasteiger partial charge in [-0.2, -0.15) is 0 Å². The molecule has 7 heteroatoms. The van der Waals surface area contributed by atoms with Crippen molar-refractivity contribution in [3.8, 4) is 0 Å². The van der Waals surface area contributed by atoms with Crippen molar-refractivity contribution in [2.75, 3.05) is 18.1 Å². The lowest BCUT2D eigenvalue weighted by atomic mass is 10.1. The molecule has 0 amide bonds. The Hall–Kier alpha value is -2.15. The predicted molar refractivity (Wildman–Crippen MR) is 76.6 cm³/mol. The molecule has 3 N–H and O–H groups in total. The van der Waals surface area contributed by atoms with Crippen molar-refractivity contribution in [3.05, 3.63) is 45.0 Å². The third-order valence-corrected chi connectivity index (χ3v) is 3.79. The first kappa shape index (κ1) is 13.3. The Labute approximate surface area is 114 Å². The molecule has 1 aromatic heterocycles. The van der Waals surface area contributed by atoms with E-state index in [1.807, 2.05) is 19.3 Å². The van der Waals surface area contributed by atoms with Crippen molar-refractivity contribution in [1.82, 2.24) is 4.98 Å². The Morgan fingerprint density at radius 1 is 1.47 bits per heavy atom. The number of nitrogens with zero attached hydrogens (tertiary/aromatic N) is 2. The SMILES string of the molecule is CNc1ncc(CCc2ccc(N)c([N+](=O)[O-])c2)s1. The second-order valence-electron chi connectivity index (χ2n) is 4.03. The highest BCUT2D eigenvalue weighted by atomic mass is 32.1. The minimum absolute atomic E-state index is 0.0299. The molecular weight excluding hydrogens is 264 g/mol. The Balaban J connectivity index is 2.07. The summed E-state index contributed by atoms with van der Waals surface area (Å²) >= 11 is 1.58. The molecule has 1 heterocycles. The summed E-state index contributed by atoms with van der Waals surface area (Å²) in [6.45, 7) is 0. The minimum Gasteiger partial charge on any atom is -0.393 e. The molecule has 0 aliphatic rings. The molecule has 0 aliphatic heterocycles. The summed E-state index contributed by atoms with van der Waals surface area (Å²) in [6.07, 6.45) is 3.36. The highest BCUT2D eigenvalue weighted by Gasteiger charge is 2.12. The molecule has 2 rings (SSSR count). The Morgan fingerprint density at radius 3 is 2.89 bits per heavy atom. The maximum absolute atomic E-state index is 10.8. The summed E-state index contributed by atoms with van der Waals surface area (Å²) in [7, 11) is 1.83. The van der Waals surface area contributed by atoms with E-state index in [4.69, 9.17) is 5.73 Å². The Bertz CT molecular complexity index is 597. The first-order valence-electron chi connectivity index (χ1n) is 5.75. The maximum Gasteiger partial charge on any atom is 0.292 e. The van der Waals surface area contributed by atoms with Gasteiger partial charge in [-0.3, -0.25) is 10.1 Å². The Kier molecular flexibility index (Phi) is 3.96. The molecular formula is C12H14N4O2S. The second-order valence-corrected chi connectivity index (χ2v) is 5.15. The number of nitro benzene ring substituents is 1. The van der Waals surface area contributed by atoms with E-state index in [2.05, 4.69) is 10.3 Å². The fraction of sp³-hybridized carbons (Fsp3) is 0.250. The van der Waals surface area contributed by atoms with E-state index in [-0.39, 0.29) is 11.4 Å². The van der Waals surface area contributed by atoms with Crippen LogP contribution in [0.1, 0.15) is 10.4 Å². The number of rotatable bonds is 5.